The minimum Gasteiger partial charge on any atom is -0.450 e. The van der Waals surface area contributed by atoms with E-state index in [0.717, 1.165) is 25.7 Å². The molecule has 6 nitrogen and oxygen atoms in total. The molecule has 0 aliphatic carbocycles. The molecule has 2 amide bonds. The van der Waals surface area contributed by atoms with E-state index in [4.69, 9.17) is 9.47 Å². The average molecular weight is 302 g/mol. The van der Waals surface area contributed by atoms with Crippen molar-refractivity contribution in [3.8, 4) is 0 Å². The van der Waals surface area contributed by atoms with E-state index in [2.05, 4.69) is 5.32 Å². The summed E-state index contributed by atoms with van der Waals surface area (Å²) in [4.78, 5) is 24.3. The molecule has 0 saturated heterocycles. The van der Waals surface area contributed by atoms with Crippen LogP contribution in [0.2, 0.25) is 0 Å². The first-order valence-electron chi connectivity index (χ1n) is 7.61. The fraction of sp³-hybridized carbons (Fsp3) is 0.867. The molecule has 0 radical (unpaired) electrons. The van der Waals surface area contributed by atoms with Crippen LogP contribution in [0, 0.1) is 0 Å². The first kappa shape index (κ1) is 19.5. The van der Waals surface area contributed by atoms with Crippen LogP contribution in [0.5, 0.6) is 0 Å². The number of carbonyl (C=O) groups excluding carboxylic acids is 2. The number of nitrogens with zero attached hydrogens (tertiary/aromatic N) is 1. The van der Waals surface area contributed by atoms with E-state index in [0.29, 0.717) is 19.7 Å². The third-order valence-electron chi connectivity index (χ3n) is 2.67. The molecule has 0 aromatic rings. The zero-order valence-corrected chi connectivity index (χ0v) is 14.0. The Balaban J connectivity index is 3.54. The Kier molecular flexibility index (Phi) is 9.58. The normalized spacial score (nSPS) is 10.9. The van der Waals surface area contributed by atoms with Crippen LogP contribution in [0.25, 0.3) is 0 Å². The summed E-state index contributed by atoms with van der Waals surface area (Å²) in [6.45, 7) is 9.05. The van der Waals surface area contributed by atoms with Gasteiger partial charge in [-0.3, -0.25) is 0 Å². The summed E-state index contributed by atoms with van der Waals surface area (Å²) in [5.74, 6) is 0. The van der Waals surface area contributed by atoms with Crippen molar-refractivity contribution in [1.29, 1.82) is 0 Å². The smallest absolute Gasteiger partial charge is 0.410 e. The Labute approximate surface area is 128 Å². The van der Waals surface area contributed by atoms with Gasteiger partial charge in [-0.15, -0.1) is 0 Å². The maximum Gasteiger partial charge on any atom is 0.410 e. The maximum absolute atomic E-state index is 11.7. The van der Waals surface area contributed by atoms with Gasteiger partial charge in [-0.2, -0.15) is 0 Å². The van der Waals surface area contributed by atoms with Gasteiger partial charge in [0.2, 0.25) is 0 Å². The number of unbranched alkanes of at least 4 members (excludes halogenated alkanes) is 3. The molecule has 1 N–H and O–H groups in total. The van der Waals surface area contributed by atoms with Gasteiger partial charge in [0, 0.05) is 20.1 Å². The van der Waals surface area contributed by atoms with Crippen molar-refractivity contribution in [2.24, 2.45) is 0 Å². The minimum atomic E-state index is -0.454. The highest BCUT2D eigenvalue weighted by molar-refractivity contribution is 5.67. The summed E-state index contributed by atoms with van der Waals surface area (Å²) in [7, 11) is 1.75. The molecule has 6 heteroatoms. The highest BCUT2D eigenvalue weighted by atomic mass is 16.6. The Morgan fingerprint density at radius 1 is 1.10 bits per heavy atom. The van der Waals surface area contributed by atoms with Crippen LogP contribution >= 0.6 is 0 Å². The summed E-state index contributed by atoms with van der Waals surface area (Å²) in [6, 6.07) is 0. The summed E-state index contributed by atoms with van der Waals surface area (Å²) >= 11 is 0. The molecule has 0 unspecified atom stereocenters. The van der Waals surface area contributed by atoms with Gasteiger partial charge in [-0.05, 0) is 40.5 Å². The van der Waals surface area contributed by atoms with Crippen LogP contribution in [0.3, 0.4) is 0 Å². The van der Waals surface area contributed by atoms with Crippen molar-refractivity contribution in [2.75, 3.05) is 26.7 Å². The monoisotopic (exact) mass is 302 g/mol. The molecule has 0 aromatic heterocycles. The second-order valence-corrected chi connectivity index (χ2v) is 5.96. The lowest BCUT2D eigenvalue weighted by Gasteiger charge is -2.24. The largest absolute Gasteiger partial charge is 0.450 e. The van der Waals surface area contributed by atoms with E-state index in [1.807, 2.05) is 20.8 Å². The van der Waals surface area contributed by atoms with Crippen LogP contribution in [-0.2, 0) is 9.47 Å². The average Bonchev–Trinajstić information content (AvgIpc) is 2.35. The molecule has 0 heterocycles. The lowest BCUT2D eigenvalue weighted by atomic mass is 10.2. The van der Waals surface area contributed by atoms with Crippen LogP contribution in [0.4, 0.5) is 9.59 Å². The Morgan fingerprint density at radius 3 is 2.29 bits per heavy atom. The predicted octanol–water partition coefficient (Wildman–Crippen LogP) is 3.16. The third-order valence-corrected chi connectivity index (χ3v) is 2.67. The third kappa shape index (κ3) is 12.0. The Hall–Kier alpha value is -1.46. The highest BCUT2D eigenvalue weighted by Gasteiger charge is 2.18. The Bertz CT molecular complexity index is 313. The van der Waals surface area contributed by atoms with Gasteiger partial charge < -0.3 is 19.7 Å². The quantitative estimate of drug-likeness (QED) is 0.699. The van der Waals surface area contributed by atoms with Gasteiger partial charge in [0.1, 0.15) is 5.60 Å². The number of amides is 2. The number of alkyl carbamates (subject to hydrolysis) is 1. The number of carbonyl (C=O) groups is 2. The van der Waals surface area contributed by atoms with Gasteiger partial charge in [0.05, 0.1) is 6.61 Å². The summed E-state index contributed by atoms with van der Waals surface area (Å²) in [5, 5.41) is 2.68. The highest BCUT2D eigenvalue weighted by Crippen LogP contribution is 2.09. The van der Waals surface area contributed by atoms with Gasteiger partial charge in [0.25, 0.3) is 0 Å². The van der Waals surface area contributed by atoms with Crippen LogP contribution in [0.1, 0.15) is 53.4 Å². The number of rotatable bonds is 8. The first-order chi connectivity index (χ1) is 9.76. The molecule has 0 fully saturated rings. The van der Waals surface area contributed by atoms with Gasteiger partial charge in [0.15, 0.2) is 0 Å². The standard InChI is InChI=1S/C15H30N2O4/c1-6-20-13(18)16-11-9-7-8-10-12-17(5)14(19)21-15(2,3)4/h6-12H2,1-5H3,(H,16,18). The molecular formula is C15H30N2O4. The number of hydrogen-bond donors (Lipinski definition) is 1. The second kappa shape index (κ2) is 10.3. The molecule has 0 aliphatic rings. The van der Waals surface area contributed by atoms with Crippen LogP contribution in [0.15, 0.2) is 0 Å². The number of ether oxygens (including phenoxy) is 2. The molecular weight excluding hydrogens is 272 g/mol. The summed E-state index contributed by atoms with van der Waals surface area (Å²) in [6.07, 6.45) is 3.21. The molecule has 0 aliphatic heterocycles. The Morgan fingerprint density at radius 2 is 1.71 bits per heavy atom. The molecule has 0 spiro atoms. The zero-order valence-electron chi connectivity index (χ0n) is 14.0. The molecule has 21 heavy (non-hydrogen) atoms. The molecule has 0 bridgehead atoms. The SMILES string of the molecule is CCOC(=O)NCCCCCCN(C)C(=O)OC(C)(C)C. The first-order valence-corrected chi connectivity index (χ1v) is 7.61. The number of nitrogens with one attached hydrogen (secondary N) is 1. The maximum atomic E-state index is 11.7. The molecule has 124 valence electrons. The van der Waals surface area contributed by atoms with E-state index in [1.54, 1.807) is 18.9 Å². The van der Waals surface area contributed by atoms with E-state index in [9.17, 15) is 9.59 Å². The minimum absolute atomic E-state index is 0.286. The summed E-state index contributed by atoms with van der Waals surface area (Å²) < 4.78 is 10.0. The fourth-order valence-corrected chi connectivity index (χ4v) is 1.63. The van der Waals surface area contributed by atoms with Crippen molar-refractivity contribution in [3.05, 3.63) is 0 Å². The number of hydrogen-bond acceptors (Lipinski definition) is 4. The zero-order chi connectivity index (χ0) is 16.3. The second-order valence-electron chi connectivity index (χ2n) is 5.96. The lowest BCUT2D eigenvalue weighted by molar-refractivity contribution is 0.0296. The van der Waals surface area contributed by atoms with Gasteiger partial charge >= 0.3 is 12.2 Å². The van der Waals surface area contributed by atoms with Crippen molar-refractivity contribution in [3.63, 3.8) is 0 Å². The molecule has 0 rings (SSSR count). The predicted molar refractivity (Wildman–Crippen MR) is 82.4 cm³/mol. The van der Waals surface area contributed by atoms with Crippen molar-refractivity contribution >= 4 is 12.2 Å². The fourth-order valence-electron chi connectivity index (χ4n) is 1.63. The van der Waals surface area contributed by atoms with E-state index < -0.39 is 5.60 Å². The topological polar surface area (TPSA) is 67.9 Å². The van der Waals surface area contributed by atoms with E-state index >= 15 is 0 Å². The van der Waals surface area contributed by atoms with Gasteiger partial charge in [-0.25, -0.2) is 9.59 Å². The van der Waals surface area contributed by atoms with E-state index in [1.165, 1.54) is 0 Å². The van der Waals surface area contributed by atoms with Crippen LogP contribution in [-0.4, -0.2) is 49.4 Å². The van der Waals surface area contributed by atoms with Crippen molar-refractivity contribution < 1.29 is 19.1 Å². The summed E-state index contributed by atoms with van der Waals surface area (Å²) in [5.41, 5.74) is -0.454. The molecule has 0 atom stereocenters. The molecule has 0 saturated carbocycles. The van der Waals surface area contributed by atoms with E-state index in [-0.39, 0.29) is 12.2 Å². The van der Waals surface area contributed by atoms with Crippen LogP contribution < -0.4 is 5.32 Å². The molecule has 0 aromatic carbocycles. The van der Waals surface area contributed by atoms with Crippen molar-refractivity contribution in [2.45, 2.75) is 59.0 Å². The lowest BCUT2D eigenvalue weighted by Crippen LogP contribution is -2.34. The van der Waals surface area contributed by atoms with Gasteiger partial charge in [-0.1, -0.05) is 12.8 Å². The van der Waals surface area contributed by atoms with Crippen molar-refractivity contribution in [1.82, 2.24) is 10.2 Å².